The molecule has 0 saturated carbocycles. The molecule has 1 rings (SSSR count). The first-order chi connectivity index (χ1) is 7.87. The standard InChI is InChI=1S/C12H24N2O3/c1-11(2,4-5-15)7-14-10(16)6-17-12(3)8-13-9-12/h13,15H,4-9H2,1-3H3,(H,14,16). The van der Waals surface area contributed by atoms with Crippen molar-refractivity contribution in [2.45, 2.75) is 32.8 Å². The summed E-state index contributed by atoms with van der Waals surface area (Å²) in [6, 6.07) is 0. The number of ether oxygens (including phenoxy) is 1. The van der Waals surface area contributed by atoms with Crippen LogP contribution >= 0.6 is 0 Å². The summed E-state index contributed by atoms with van der Waals surface area (Å²) in [5.74, 6) is -0.0934. The van der Waals surface area contributed by atoms with E-state index in [-0.39, 0.29) is 30.1 Å². The number of aliphatic hydroxyl groups is 1. The Morgan fingerprint density at radius 3 is 2.65 bits per heavy atom. The summed E-state index contributed by atoms with van der Waals surface area (Å²) in [7, 11) is 0. The minimum atomic E-state index is -0.183. The van der Waals surface area contributed by atoms with E-state index in [4.69, 9.17) is 9.84 Å². The maximum Gasteiger partial charge on any atom is 0.246 e. The minimum absolute atomic E-state index is 0.0770. The number of nitrogens with one attached hydrogen (secondary N) is 2. The van der Waals surface area contributed by atoms with Crippen LogP contribution in [0, 0.1) is 5.41 Å². The fourth-order valence-electron chi connectivity index (χ4n) is 1.60. The third-order valence-electron chi connectivity index (χ3n) is 3.10. The van der Waals surface area contributed by atoms with Gasteiger partial charge in [0.1, 0.15) is 6.61 Å². The van der Waals surface area contributed by atoms with Gasteiger partial charge in [-0.25, -0.2) is 0 Å². The van der Waals surface area contributed by atoms with Crippen molar-refractivity contribution in [2.24, 2.45) is 5.41 Å². The van der Waals surface area contributed by atoms with Gasteiger partial charge in [0.25, 0.3) is 0 Å². The van der Waals surface area contributed by atoms with Gasteiger partial charge in [-0.2, -0.15) is 0 Å². The number of amides is 1. The van der Waals surface area contributed by atoms with Crippen molar-refractivity contribution in [1.82, 2.24) is 10.6 Å². The van der Waals surface area contributed by atoms with Crippen LogP contribution in [0.5, 0.6) is 0 Å². The first-order valence-corrected chi connectivity index (χ1v) is 6.09. The molecule has 0 unspecified atom stereocenters. The number of carbonyl (C=O) groups excluding carboxylic acids is 1. The first kappa shape index (κ1) is 14.4. The molecule has 5 heteroatoms. The van der Waals surface area contributed by atoms with Crippen molar-refractivity contribution in [2.75, 3.05) is 32.8 Å². The minimum Gasteiger partial charge on any atom is -0.396 e. The van der Waals surface area contributed by atoms with Gasteiger partial charge in [-0.15, -0.1) is 0 Å². The van der Waals surface area contributed by atoms with Crippen LogP contribution < -0.4 is 10.6 Å². The Morgan fingerprint density at radius 1 is 1.53 bits per heavy atom. The molecule has 1 aliphatic heterocycles. The topological polar surface area (TPSA) is 70.6 Å². The van der Waals surface area contributed by atoms with Crippen molar-refractivity contribution in [1.29, 1.82) is 0 Å². The van der Waals surface area contributed by atoms with Crippen LogP contribution in [-0.2, 0) is 9.53 Å². The molecule has 0 aromatic heterocycles. The normalized spacial score (nSPS) is 18.6. The summed E-state index contributed by atoms with van der Waals surface area (Å²) in [4.78, 5) is 11.6. The summed E-state index contributed by atoms with van der Waals surface area (Å²) in [5.41, 5.74) is -0.260. The van der Waals surface area contributed by atoms with Crippen LogP contribution in [0.2, 0.25) is 0 Å². The number of hydrogen-bond acceptors (Lipinski definition) is 4. The molecular formula is C12H24N2O3. The fraction of sp³-hybridized carbons (Fsp3) is 0.917. The Labute approximate surface area is 103 Å². The maximum absolute atomic E-state index is 11.6. The van der Waals surface area contributed by atoms with Crippen LogP contribution in [-0.4, -0.2) is 49.5 Å². The largest absolute Gasteiger partial charge is 0.396 e. The van der Waals surface area contributed by atoms with E-state index in [9.17, 15) is 4.79 Å². The quantitative estimate of drug-likeness (QED) is 0.584. The Hall–Kier alpha value is -0.650. The van der Waals surface area contributed by atoms with Crippen molar-refractivity contribution >= 4 is 5.91 Å². The summed E-state index contributed by atoms with van der Waals surface area (Å²) in [6.07, 6.45) is 0.676. The second-order valence-electron chi connectivity index (χ2n) is 5.76. The lowest BCUT2D eigenvalue weighted by atomic mass is 9.90. The van der Waals surface area contributed by atoms with E-state index in [0.29, 0.717) is 13.0 Å². The molecule has 0 radical (unpaired) electrons. The Morgan fingerprint density at radius 2 is 2.18 bits per heavy atom. The third kappa shape index (κ3) is 5.02. The van der Waals surface area contributed by atoms with Crippen LogP contribution in [0.3, 0.4) is 0 Å². The van der Waals surface area contributed by atoms with Gasteiger partial charge in [0, 0.05) is 26.2 Å². The lowest BCUT2D eigenvalue weighted by Gasteiger charge is -2.38. The molecule has 5 nitrogen and oxygen atoms in total. The average Bonchev–Trinajstić information content (AvgIpc) is 2.21. The zero-order chi connectivity index (χ0) is 12.9. The molecule has 0 aromatic carbocycles. The molecule has 1 saturated heterocycles. The third-order valence-corrected chi connectivity index (χ3v) is 3.10. The summed E-state index contributed by atoms with van der Waals surface area (Å²) in [6.45, 7) is 8.43. The highest BCUT2D eigenvalue weighted by atomic mass is 16.5. The average molecular weight is 244 g/mol. The predicted molar refractivity (Wildman–Crippen MR) is 65.7 cm³/mol. The highest BCUT2D eigenvalue weighted by molar-refractivity contribution is 5.77. The van der Waals surface area contributed by atoms with Gasteiger partial charge in [0.2, 0.25) is 5.91 Å². The molecule has 1 aliphatic rings. The number of rotatable bonds is 7. The first-order valence-electron chi connectivity index (χ1n) is 6.09. The van der Waals surface area contributed by atoms with E-state index >= 15 is 0 Å². The van der Waals surface area contributed by atoms with Crippen LogP contribution in [0.1, 0.15) is 27.2 Å². The van der Waals surface area contributed by atoms with Gasteiger partial charge in [0.15, 0.2) is 0 Å². The molecule has 3 N–H and O–H groups in total. The van der Waals surface area contributed by atoms with Crippen LogP contribution in [0.25, 0.3) is 0 Å². The monoisotopic (exact) mass is 244 g/mol. The molecule has 0 atom stereocenters. The smallest absolute Gasteiger partial charge is 0.246 e. The van der Waals surface area contributed by atoms with Gasteiger partial charge < -0.3 is 20.5 Å². The predicted octanol–water partition coefficient (Wildman–Crippen LogP) is -0.110. The van der Waals surface area contributed by atoms with E-state index < -0.39 is 0 Å². The Kier molecular flexibility index (Phi) is 4.91. The van der Waals surface area contributed by atoms with Crippen molar-refractivity contribution in [3.05, 3.63) is 0 Å². The van der Waals surface area contributed by atoms with Gasteiger partial charge in [-0.3, -0.25) is 4.79 Å². The molecule has 0 bridgehead atoms. The van der Waals surface area contributed by atoms with Gasteiger partial charge in [0.05, 0.1) is 5.60 Å². The lowest BCUT2D eigenvalue weighted by molar-refractivity contribution is -0.136. The number of hydrogen-bond donors (Lipinski definition) is 3. The zero-order valence-electron chi connectivity index (χ0n) is 11.0. The highest BCUT2D eigenvalue weighted by Crippen LogP contribution is 2.18. The summed E-state index contributed by atoms with van der Waals surface area (Å²) >= 11 is 0. The molecular weight excluding hydrogens is 220 g/mol. The van der Waals surface area contributed by atoms with Crippen molar-refractivity contribution < 1.29 is 14.6 Å². The molecule has 1 heterocycles. The molecule has 17 heavy (non-hydrogen) atoms. The molecule has 100 valence electrons. The molecule has 1 fully saturated rings. The highest BCUT2D eigenvalue weighted by Gasteiger charge is 2.33. The van der Waals surface area contributed by atoms with E-state index in [0.717, 1.165) is 13.1 Å². The molecule has 0 aliphatic carbocycles. The fourth-order valence-corrected chi connectivity index (χ4v) is 1.60. The Bertz CT molecular complexity index is 262. The number of aliphatic hydroxyl groups excluding tert-OH is 1. The van der Waals surface area contributed by atoms with Crippen LogP contribution in [0.15, 0.2) is 0 Å². The van der Waals surface area contributed by atoms with Crippen molar-refractivity contribution in [3.63, 3.8) is 0 Å². The van der Waals surface area contributed by atoms with E-state index in [1.165, 1.54) is 0 Å². The van der Waals surface area contributed by atoms with Gasteiger partial charge in [-0.05, 0) is 18.8 Å². The van der Waals surface area contributed by atoms with E-state index in [2.05, 4.69) is 10.6 Å². The SMILES string of the molecule is CC(C)(CCO)CNC(=O)COC1(C)CNC1. The zero-order valence-corrected chi connectivity index (χ0v) is 11.0. The van der Waals surface area contributed by atoms with E-state index in [1.54, 1.807) is 0 Å². The summed E-state index contributed by atoms with van der Waals surface area (Å²) in [5, 5.41) is 14.8. The summed E-state index contributed by atoms with van der Waals surface area (Å²) < 4.78 is 5.53. The Balaban J connectivity index is 2.16. The van der Waals surface area contributed by atoms with Crippen molar-refractivity contribution in [3.8, 4) is 0 Å². The maximum atomic E-state index is 11.6. The molecule has 1 amide bonds. The van der Waals surface area contributed by atoms with Gasteiger partial charge in [-0.1, -0.05) is 13.8 Å². The molecule has 0 spiro atoms. The lowest BCUT2D eigenvalue weighted by Crippen LogP contribution is -2.59. The second kappa shape index (κ2) is 5.80. The van der Waals surface area contributed by atoms with Gasteiger partial charge >= 0.3 is 0 Å². The van der Waals surface area contributed by atoms with Crippen LogP contribution in [0.4, 0.5) is 0 Å². The number of carbonyl (C=O) groups is 1. The van der Waals surface area contributed by atoms with E-state index in [1.807, 2.05) is 20.8 Å². The second-order valence-corrected chi connectivity index (χ2v) is 5.76. The molecule has 0 aromatic rings.